The molecule has 3 rings (SSSR count). The number of hydrogen-bond donors (Lipinski definition) is 3. The van der Waals surface area contributed by atoms with Gasteiger partial charge in [-0.2, -0.15) is 0 Å². The van der Waals surface area contributed by atoms with E-state index in [4.69, 9.17) is 9.15 Å². The van der Waals surface area contributed by atoms with Crippen LogP contribution in [0, 0.1) is 0 Å². The second kappa shape index (κ2) is 9.29. The van der Waals surface area contributed by atoms with Gasteiger partial charge in [-0.25, -0.2) is 4.79 Å². The number of nitrogens with zero attached hydrogens (tertiary/aromatic N) is 2. The third kappa shape index (κ3) is 6.05. The van der Waals surface area contributed by atoms with Crippen molar-refractivity contribution in [3.8, 4) is 11.5 Å². The van der Waals surface area contributed by atoms with Gasteiger partial charge < -0.3 is 19.8 Å². The fraction of sp³-hybridized carbons (Fsp3) is 0.273. The molecule has 9 nitrogen and oxygen atoms in total. The van der Waals surface area contributed by atoms with Crippen molar-refractivity contribution in [3.63, 3.8) is 0 Å². The van der Waals surface area contributed by atoms with Crippen molar-refractivity contribution >= 4 is 23.6 Å². The van der Waals surface area contributed by atoms with Crippen LogP contribution in [0.4, 0.5) is 16.5 Å². The van der Waals surface area contributed by atoms with Crippen LogP contribution in [0.1, 0.15) is 43.9 Å². The third-order valence-corrected chi connectivity index (χ3v) is 4.07. The van der Waals surface area contributed by atoms with Gasteiger partial charge in [-0.05, 0) is 49.4 Å². The van der Waals surface area contributed by atoms with Gasteiger partial charge in [-0.3, -0.25) is 10.1 Å². The molecule has 31 heavy (non-hydrogen) atoms. The predicted octanol–water partition coefficient (Wildman–Crippen LogP) is 4.55. The largest absolute Gasteiger partial charge is 0.457 e. The molecule has 0 unspecified atom stereocenters. The highest BCUT2D eigenvalue weighted by Crippen LogP contribution is 2.24. The zero-order valence-corrected chi connectivity index (χ0v) is 17.9. The summed E-state index contributed by atoms with van der Waals surface area (Å²) in [6.45, 7) is 8.22. The van der Waals surface area contributed by atoms with Gasteiger partial charge in [0.1, 0.15) is 11.5 Å². The summed E-state index contributed by atoms with van der Waals surface area (Å²) in [5, 5.41) is 15.7. The summed E-state index contributed by atoms with van der Waals surface area (Å²) in [7, 11) is 0. The van der Waals surface area contributed by atoms with Crippen LogP contribution in [0.3, 0.4) is 0 Å². The van der Waals surface area contributed by atoms with E-state index in [2.05, 4.69) is 26.1 Å². The van der Waals surface area contributed by atoms with Crippen LogP contribution in [-0.2, 0) is 5.41 Å². The van der Waals surface area contributed by atoms with Gasteiger partial charge in [-0.1, -0.05) is 31.9 Å². The van der Waals surface area contributed by atoms with Gasteiger partial charge in [0.05, 0.1) is 0 Å². The smallest absolute Gasteiger partial charge is 0.327 e. The summed E-state index contributed by atoms with van der Waals surface area (Å²) in [4.78, 5) is 24.1. The summed E-state index contributed by atoms with van der Waals surface area (Å²) >= 11 is 0. The van der Waals surface area contributed by atoms with Crippen molar-refractivity contribution in [2.45, 2.75) is 33.1 Å². The Morgan fingerprint density at radius 3 is 2.39 bits per heavy atom. The molecule has 0 saturated carbocycles. The van der Waals surface area contributed by atoms with Crippen molar-refractivity contribution in [3.05, 3.63) is 60.0 Å². The van der Waals surface area contributed by atoms with E-state index in [1.807, 2.05) is 27.7 Å². The number of nitrogens with one attached hydrogen (secondary N) is 3. The van der Waals surface area contributed by atoms with E-state index in [0.717, 1.165) is 0 Å². The Hall–Kier alpha value is -3.88. The molecule has 0 fully saturated rings. The number of ether oxygens (including phenoxy) is 1. The zero-order valence-electron chi connectivity index (χ0n) is 17.9. The molecule has 9 heteroatoms. The lowest BCUT2D eigenvalue weighted by Crippen LogP contribution is -2.22. The summed E-state index contributed by atoms with van der Waals surface area (Å²) < 4.78 is 11.2. The maximum atomic E-state index is 12.2. The van der Waals surface area contributed by atoms with Crippen LogP contribution in [0.2, 0.25) is 0 Å². The predicted molar refractivity (Wildman–Crippen MR) is 117 cm³/mol. The molecule has 1 aromatic heterocycles. The highest BCUT2D eigenvalue weighted by Gasteiger charge is 2.22. The fourth-order valence-electron chi connectivity index (χ4n) is 2.54. The Labute approximate surface area is 180 Å². The lowest BCUT2D eigenvalue weighted by atomic mass is 9.97. The zero-order chi connectivity index (χ0) is 22.4. The SMILES string of the molecule is CCNC(=O)c1cccc(Oc2ccc(NC(=O)Nc3nnc(C(C)(C)C)o3)cc2)c1. The minimum absolute atomic E-state index is 0.0226. The topological polar surface area (TPSA) is 118 Å². The van der Waals surface area contributed by atoms with Gasteiger partial charge in [-0.15, -0.1) is 5.10 Å². The standard InChI is InChI=1S/C22H25N5O4/c1-5-23-18(28)14-7-6-8-17(13-14)30-16-11-9-15(10-12-16)24-20(29)25-21-27-26-19(31-21)22(2,3)4/h6-13H,5H2,1-4H3,(H,23,28)(H2,24,25,27,29). The summed E-state index contributed by atoms with van der Waals surface area (Å²) in [5.74, 6) is 1.37. The average Bonchev–Trinajstić information content (AvgIpc) is 3.19. The van der Waals surface area contributed by atoms with Crippen LogP contribution in [-0.4, -0.2) is 28.7 Å². The maximum Gasteiger partial charge on any atom is 0.327 e. The van der Waals surface area contributed by atoms with E-state index in [1.165, 1.54) is 0 Å². The normalized spacial score (nSPS) is 11.0. The summed E-state index contributed by atoms with van der Waals surface area (Å²) in [5.41, 5.74) is 0.764. The third-order valence-electron chi connectivity index (χ3n) is 4.07. The highest BCUT2D eigenvalue weighted by atomic mass is 16.5. The van der Waals surface area contributed by atoms with Crippen molar-refractivity contribution in [2.24, 2.45) is 0 Å². The molecule has 3 N–H and O–H groups in total. The van der Waals surface area contributed by atoms with Crippen LogP contribution in [0.25, 0.3) is 0 Å². The molecule has 0 atom stereocenters. The van der Waals surface area contributed by atoms with Gasteiger partial charge in [0.15, 0.2) is 0 Å². The van der Waals surface area contributed by atoms with Gasteiger partial charge in [0.2, 0.25) is 5.89 Å². The van der Waals surface area contributed by atoms with Crippen molar-refractivity contribution < 1.29 is 18.7 Å². The van der Waals surface area contributed by atoms with E-state index < -0.39 is 6.03 Å². The Balaban J connectivity index is 1.58. The number of anilines is 2. The van der Waals surface area contributed by atoms with E-state index in [1.54, 1.807) is 48.5 Å². The Morgan fingerprint density at radius 1 is 1.00 bits per heavy atom. The first-order chi connectivity index (χ1) is 14.7. The summed E-state index contributed by atoms with van der Waals surface area (Å²) in [6, 6.07) is 13.2. The number of hydrogen-bond acceptors (Lipinski definition) is 6. The van der Waals surface area contributed by atoms with E-state index in [-0.39, 0.29) is 17.3 Å². The van der Waals surface area contributed by atoms with E-state index in [0.29, 0.717) is 35.2 Å². The molecule has 0 spiro atoms. The fourth-order valence-corrected chi connectivity index (χ4v) is 2.54. The van der Waals surface area contributed by atoms with Crippen molar-refractivity contribution in [1.29, 1.82) is 0 Å². The number of amides is 3. The number of carbonyl (C=O) groups is 2. The average molecular weight is 423 g/mol. The molecular formula is C22H25N5O4. The Morgan fingerprint density at radius 2 is 1.74 bits per heavy atom. The molecule has 0 radical (unpaired) electrons. The van der Waals surface area contributed by atoms with Crippen LogP contribution >= 0.6 is 0 Å². The number of urea groups is 1. The van der Waals surface area contributed by atoms with Crippen LogP contribution in [0.5, 0.6) is 11.5 Å². The lowest BCUT2D eigenvalue weighted by Gasteiger charge is -2.11. The minimum atomic E-state index is -0.507. The van der Waals surface area contributed by atoms with E-state index in [9.17, 15) is 9.59 Å². The van der Waals surface area contributed by atoms with Crippen LogP contribution in [0.15, 0.2) is 52.9 Å². The molecule has 0 bridgehead atoms. The number of rotatable bonds is 6. The van der Waals surface area contributed by atoms with E-state index >= 15 is 0 Å². The molecule has 2 aromatic carbocycles. The van der Waals surface area contributed by atoms with Crippen molar-refractivity contribution in [2.75, 3.05) is 17.2 Å². The lowest BCUT2D eigenvalue weighted by molar-refractivity contribution is 0.0955. The van der Waals surface area contributed by atoms with Gasteiger partial charge in [0, 0.05) is 23.2 Å². The molecule has 3 amide bonds. The molecule has 0 aliphatic rings. The monoisotopic (exact) mass is 423 g/mol. The van der Waals surface area contributed by atoms with Crippen molar-refractivity contribution in [1.82, 2.24) is 15.5 Å². The number of carbonyl (C=O) groups excluding carboxylic acids is 2. The molecule has 0 aliphatic carbocycles. The maximum absolute atomic E-state index is 12.2. The Bertz CT molecular complexity index is 1050. The van der Waals surface area contributed by atoms with Gasteiger partial charge >= 0.3 is 12.0 Å². The molecule has 162 valence electrons. The number of aromatic nitrogens is 2. The molecule has 3 aromatic rings. The first-order valence-corrected chi connectivity index (χ1v) is 9.83. The second-order valence-corrected chi connectivity index (χ2v) is 7.76. The molecule has 1 heterocycles. The van der Waals surface area contributed by atoms with Crippen LogP contribution < -0.4 is 20.7 Å². The Kier molecular flexibility index (Phi) is 6.54. The first kappa shape index (κ1) is 21.8. The van der Waals surface area contributed by atoms with Gasteiger partial charge in [0.25, 0.3) is 5.91 Å². The molecule has 0 saturated heterocycles. The molecule has 0 aliphatic heterocycles. The first-order valence-electron chi connectivity index (χ1n) is 9.83. The quantitative estimate of drug-likeness (QED) is 0.535. The highest BCUT2D eigenvalue weighted by molar-refractivity contribution is 5.98. The molecular weight excluding hydrogens is 398 g/mol. The second-order valence-electron chi connectivity index (χ2n) is 7.76. The minimum Gasteiger partial charge on any atom is -0.457 e. The summed E-state index contributed by atoms with van der Waals surface area (Å²) in [6.07, 6.45) is 0. The number of benzene rings is 2.